The Morgan fingerprint density at radius 1 is 1.25 bits per heavy atom. The molecule has 1 atom stereocenters. The minimum atomic E-state index is -0.785. The summed E-state index contributed by atoms with van der Waals surface area (Å²) in [5, 5.41) is 14.9. The molecule has 124 valence electrons. The van der Waals surface area contributed by atoms with Crippen molar-refractivity contribution in [1.29, 1.82) is 0 Å². The van der Waals surface area contributed by atoms with Gasteiger partial charge in [-0.1, -0.05) is 30.3 Å². The monoisotopic (exact) mass is 326 g/mol. The zero-order chi connectivity index (χ0) is 17.4. The molecule has 0 aromatic heterocycles. The van der Waals surface area contributed by atoms with Crippen molar-refractivity contribution in [2.45, 2.75) is 13.0 Å². The lowest BCUT2D eigenvalue weighted by Gasteiger charge is -2.33. The number of benzene rings is 2. The average Bonchev–Trinajstić information content (AvgIpc) is 2.59. The highest BCUT2D eigenvalue weighted by molar-refractivity contribution is 5.98. The van der Waals surface area contributed by atoms with Crippen molar-refractivity contribution in [3.63, 3.8) is 0 Å². The first kappa shape index (κ1) is 15.9. The normalized spacial score (nSPS) is 17.9. The predicted molar refractivity (Wildman–Crippen MR) is 89.4 cm³/mol. The topological polar surface area (TPSA) is 78.9 Å². The van der Waals surface area contributed by atoms with Crippen LogP contribution in [0.1, 0.15) is 18.5 Å². The van der Waals surface area contributed by atoms with Crippen molar-refractivity contribution >= 4 is 22.8 Å². The molecule has 2 aromatic carbocycles. The first-order valence-corrected chi connectivity index (χ1v) is 7.49. The van der Waals surface area contributed by atoms with E-state index >= 15 is 0 Å². The Morgan fingerprint density at radius 2 is 1.96 bits per heavy atom. The van der Waals surface area contributed by atoms with Crippen LogP contribution in [0.2, 0.25) is 0 Å². The highest BCUT2D eigenvalue weighted by Crippen LogP contribution is 2.39. The van der Waals surface area contributed by atoms with E-state index < -0.39 is 12.0 Å². The molecule has 0 bridgehead atoms. The van der Waals surface area contributed by atoms with Crippen molar-refractivity contribution in [3.8, 4) is 5.75 Å². The third kappa shape index (κ3) is 2.36. The van der Waals surface area contributed by atoms with Crippen LogP contribution >= 0.6 is 0 Å². The van der Waals surface area contributed by atoms with Gasteiger partial charge in [0.05, 0.1) is 18.7 Å². The Labute approximate surface area is 139 Å². The van der Waals surface area contributed by atoms with Gasteiger partial charge in [0.25, 0.3) is 0 Å². The number of carbonyl (C=O) groups is 2. The molecule has 2 N–H and O–H groups in total. The van der Waals surface area contributed by atoms with Gasteiger partial charge in [-0.05, 0) is 23.8 Å². The summed E-state index contributed by atoms with van der Waals surface area (Å²) in [6.45, 7) is 1.68. The molecule has 6 heteroatoms. The van der Waals surface area contributed by atoms with Crippen LogP contribution in [0.3, 0.4) is 0 Å². The van der Waals surface area contributed by atoms with E-state index in [4.69, 9.17) is 4.74 Å². The molecule has 24 heavy (non-hydrogen) atoms. The van der Waals surface area contributed by atoms with Crippen LogP contribution in [0.25, 0.3) is 10.8 Å². The van der Waals surface area contributed by atoms with Crippen LogP contribution in [-0.4, -0.2) is 36.2 Å². The maximum absolute atomic E-state index is 12.3. The second-order valence-corrected chi connectivity index (χ2v) is 5.65. The first-order chi connectivity index (χ1) is 11.5. The number of urea groups is 1. The molecule has 2 aromatic rings. The molecule has 2 amide bonds. The van der Waals surface area contributed by atoms with Crippen LogP contribution in [0, 0.1) is 0 Å². The summed E-state index contributed by atoms with van der Waals surface area (Å²) in [6, 6.07) is 9.70. The molecule has 0 saturated carbocycles. The maximum Gasteiger partial charge on any atom is 0.337 e. The third-order valence-corrected chi connectivity index (χ3v) is 4.40. The number of methoxy groups -OCH3 is 1. The lowest BCUT2D eigenvalue weighted by molar-refractivity contribution is -0.136. The summed E-state index contributed by atoms with van der Waals surface area (Å²) in [5.74, 6) is -0.533. The summed E-state index contributed by atoms with van der Waals surface area (Å²) < 4.78 is 4.89. The smallest absolute Gasteiger partial charge is 0.337 e. The standard InChI is InChI=1S/C18H18N2O4/c1-10-14(17(22)24-3)16(19-18(23)20(10)2)15-12-7-5-4-6-11(12)8-9-13(15)21/h4-9,16,21H,1-3H3,(H,19,23)/t16-/m1/s1. The summed E-state index contributed by atoms with van der Waals surface area (Å²) in [4.78, 5) is 25.9. The Kier molecular flexibility index (Phi) is 3.89. The summed E-state index contributed by atoms with van der Waals surface area (Å²) in [5.41, 5.74) is 1.27. The predicted octanol–water partition coefficient (Wildman–Crippen LogP) is 2.69. The molecule has 1 aliphatic heterocycles. The van der Waals surface area contributed by atoms with Gasteiger partial charge in [-0.15, -0.1) is 0 Å². The lowest BCUT2D eigenvalue weighted by Crippen LogP contribution is -2.46. The van der Waals surface area contributed by atoms with E-state index in [1.54, 1.807) is 26.1 Å². The van der Waals surface area contributed by atoms with E-state index in [0.29, 0.717) is 16.8 Å². The van der Waals surface area contributed by atoms with Gasteiger partial charge in [0, 0.05) is 18.3 Å². The number of hydrogen-bond donors (Lipinski definition) is 2. The Morgan fingerprint density at radius 3 is 2.67 bits per heavy atom. The zero-order valence-corrected chi connectivity index (χ0v) is 13.7. The number of nitrogens with one attached hydrogen (secondary N) is 1. The minimum absolute atomic E-state index is 0.0118. The van der Waals surface area contributed by atoms with E-state index in [-0.39, 0.29) is 11.8 Å². The molecule has 0 radical (unpaired) electrons. The van der Waals surface area contributed by atoms with Crippen LogP contribution in [0.5, 0.6) is 5.75 Å². The summed E-state index contributed by atoms with van der Waals surface area (Å²) >= 11 is 0. The number of phenolic OH excluding ortho intramolecular Hbond substituents is 1. The Hall–Kier alpha value is -3.02. The third-order valence-electron chi connectivity index (χ3n) is 4.40. The molecule has 0 saturated heterocycles. The Bertz CT molecular complexity index is 872. The van der Waals surface area contributed by atoms with Gasteiger partial charge in [0.1, 0.15) is 5.75 Å². The molecule has 0 unspecified atom stereocenters. The van der Waals surface area contributed by atoms with E-state index in [1.165, 1.54) is 12.0 Å². The fraction of sp³-hybridized carbons (Fsp3) is 0.222. The van der Waals surface area contributed by atoms with Crippen LogP contribution in [0.15, 0.2) is 47.7 Å². The van der Waals surface area contributed by atoms with Gasteiger partial charge in [0.2, 0.25) is 0 Å². The second-order valence-electron chi connectivity index (χ2n) is 5.65. The number of allylic oxidation sites excluding steroid dienone is 1. The number of aromatic hydroxyl groups is 1. The van der Waals surface area contributed by atoms with Gasteiger partial charge >= 0.3 is 12.0 Å². The minimum Gasteiger partial charge on any atom is -0.508 e. The summed E-state index contributed by atoms with van der Waals surface area (Å²) in [6.07, 6.45) is 0. The van der Waals surface area contributed by atoms with Crippen LogP contribution in [0.4, 0.5) is 4.79 Å². The number of phenols is 1. The second kappa shape index (κ2) is 5.88. The average molecular weight is 326 g/mol. The van der Waals surface area contributed by atoms with E-state index in [0.717, 1.165) is 10.8 Å². The van der Waals surface area contributed by atoms with Gasteiger partial charge in [-0.2, -0.15) is 0 Å². The van der Waals surface area contributed by atoms with Crippen LogP contribution in [-0.2, 0) is 9.53 Å². The number of amides is 2. The van der Waals surface area contributed by atoms with Gasteiger partial charge in [-0.3, -0.25) is 0 Å². The number of fused-ring (bicyclic) bond motifs is 1. The Balaban J connectivity index is 2.29. The number of ether oxygens (including phenoxy) is 1. The fourth-order valence-electron chi connectivity index (χ4n) is 3.01. The van der Waals surface area contributed by atoms with E-state index in [9.17, 15) is 14.7 Å². The summed E-state index contributed by atoms with van der Waals surface area (Å²) in [7, 11) is 2.87. The highest BCUT2D eigenvalue weighted by atomic mass is 16.5. The molecule has 1 aliphatic rings. The molecule has 1 heterocycles. The molecule has 0 fully saturated rings. The SMILES string of the molecule is COC(=O)C1=C(C)N(C)C(=O)N[C@H]1c1c(O)ccc2ccccc12. The van der Waals surface area contributed by atoms with Gasteiger partial charge < -0.3 is 20.1 Å². The molecule has 6 nitrogen and oxygen atoms in total. The van der Waals surface area contributed by atoms with E-state index in [2.05, 4.69) is 5.32 Å². The quantitative estimate of drug-likeness (QED) is 0.832. The van der Waals surface area contributed by atoms with Crippen molar-refractivity contribution in [2.24, 2.45) is 0 Å². The number of hydrogen-bond acceptors (Lipinski definition) is 4. The molecule has 0 spiro atoms. The van der Waals surface area contributed by atoms with E-state index in [1.807, 2.05) is 24.3 Å². The highest BCUT2D eigenvalue weighted by Gasteiger charge is 2.36. The lowest BCUT2D eigenvalue weighted by atomic mass is 9.90. The number of rotatable bonds is 2. The van der Waals surface area contributed by atoms with Crippen LogP contribution < -0.4 is 5.32 Å². The fourth-order valence-corrected chi connectivity index (χ4v) is 3.01. The first-order valence-electron chi connectivity index (χ1n) is 7.49. The number of nitrogens with zero attached hydrogens (tertiary/aromatic N) is 1. The number of esters is 1. The molecule has 0 aliphatic carbocycles. The van der Waals surface area contributed by atoms with Crippen molar-refractivity contribution in [3.05, 3.63) is 53.2 Å². The molecular formula is C18H18N2O4. The van der Waals surface area contributed by atoms with Crippen molar-refractivity contribution in [2.75, 3.05) is 14.2 Å². The van der Waals surface area contributed by atoms with Gasteiger partial charge in [0.15, 0.2) is 0 Å². The maximum atomic E-state index is 12.3. The molecular weight excluding hydrogens is 308 g/mol. The van der Waals surface area contributed by atoms with Crippen molar-refractivity contribution in [1.82, 2.24) is 10.2 Å². The van der Waals surface area contributed by atoms with Gasteiger partial charge in [-0.25, -0.2) is 9.59 Å². The largest absolute Gasteiger partial charge is 0.508 e. The zero-order valence-electron chi connectivity index (χ0n) is 13.7. The molecule has 3 rings (SSSR count). The number of carbonyl (C=O) groups excluding carboxylic acids is 2. The van der Waals surface area contributed by atoms with Crippen molar-refractivity contribution < 1.29 is 19.4 Å².